The van der Waals surface area contributed by atoms with Crippen molar-refractivity contribution in [3.8, 4) is 5.75 Å². The molecule has 158 valence electrons. The molecule has 29 heavy (non-hydrogen) atoms. The maximum absolute atomic E-state index is 14.0. The second-order valence-electron chi connectivity index (χ2n) is 6.99. The number of hydrogen-bond donors (Lipinski definition) is 1. The van der Waals surface area contributed by atoms with Crippen LogP contribution < -0.4 is 14.4 Å². The quantitative estimate of drug-likeness (QED) is 0.597. The third kappa shape index (κ3) is 7.38. The minimum absolute atomic E-state index is 0.0942. The predicted molar refractivity (Wildman–Crippen MR) is 112 cm³/mol. The van der Waals surface area contributed by atoms with Crippen LogP contribution in [0.5, 0.6) is 5.75 Å². The van der Waals surface area contributed by atoms with Crippen LogP contribution in [-0.4, -0.2) is 39.8 Å². The second kappa shape index (κ2) is 10.2. The van der Waals surface area contributed by atoms with Crippen molar-refractivity contribution in [1.82, 2.24) is 5.32 Å². The van der Waals surface area contributed by atoms with Crippen LogP contribution in [0.4, 0.5) is 10.1 Å². The lowest BCUT2D eigenvalue weighted by molar-refractivity contribution is -0.119. The van der Waals surface area contributed by atoms with Crippen LogP contribution in [0.15, 0.2) is 48.5 Å². The molecule has 0 aliphatic carbocycles. The zero-order valence-corrected chi connectivity index (χ0v) is 17.7. The predicted octanol–water partition coefficient (Wildman–Crippen LogP) is 3.13. The minimum atomic E-state index is -3.81. The lowest BCUT2D eigenvalue weighted by Crippen LogP contribution is -2.41. The van der Waals surface area contributed by atoms with Crippen molar-refractivity contribution >= 4 is 21.6 Å². The molecule has 0 radical (unpaired) electrons. The molecule has 2 rings (SSSR count). The van der Waals surface area contributed by atoms with Crippen molar-refractivity contribution in [2.45, 2.75) is 32.8 Å². The molecule has 0 aromatic heterocycles. The van der Waals surface area contributed by atoms with Gasteiger partial charge in [-0.15, -0.1) is 0 Å². The molecule has 0 saturated carbocycles. The highest BCUT2D eigenvalue weighted by molar-refractivity contribution is 7.92. The molecule has 0 fully saturated rings. The van der Waals surface area contributed by atoms with Crippen LogP contribution in [0.1, 0.15) is 25.8 Å². The summed E-state index contributed by atoms with van der Waals surface area (Å²) in [7, 11) is -3.81. The number of rotatable bonds is 10. The first-order valence-corrected chi connectivity index (χ1v) is 11.3. The van der Waals surface area contributed by atoms with E-state index < -0.39 is 28.3 Å². The number of sulfonamides is 1. The Balaban J connectivity index is 1.88. The van der Waals surface area contributed by atoms with Gasteiger partial charge in [0.15, 0.2) is 0 Å². The summed E-state index contributed by atoms with van der Waals surface area (Å²) in [5.41, 5.74) is 0.939. The summed E-state index contributed by atoms with van der Waals surface area (Å²) in [5.74, 6) is -0.389. The lowest BCUT2D eigenvalue weighted by Gasteiger charge is -2.22. The molecular weight excluding hydrogens is 395 g/mol. The topological polar surface area (TPSA) is 75.7 Å². The van der Waals surface area contributed by atoms with Gasteiger partial charge in [0.05, 0.1) is 18.0 Å². The van der Waals surface area contributed by atoms with E-state index in [4.69, 9.17) is 4.74 Å². The number of benzene rings is 2. The van der Waals surface area contributed by atoms with E-state index in [1.54, 1.807) is 0 Å². The molecular formula is C21H27FN2O4S. The average Bonchev–Trinajstić information content (AvgIpc) is 2.63. The number of carbonyl (C=O) groups excluding carboxylic acids is 1. The number of amides is 1. The minimum Gasteiger partial charge on any atom is -0.491 e. The van der Waals surface area contributed by atoms with Crippen LogP contribution in [0.3, 0.4) is 0 Å². The molecule has 0 unspecified atom stereocenters. The fourth-order valence-electron chi connectivity index (χ4n) is 2.79. The first kappa shape index (κ1) is 22.7. The number of ether oxygens (including phenoxy) is 1. The van der Waals surface area contributed by atoms with Gasteiger partial charge in [0.2, 0.25) is 15.9 Å². The van der Waals surface area contributed by atoms with Gasteiger partial charge in [0.25, 0.3) is 0 Å². The maximum atomic E-state index is 14.0. The van der Waals surface area contributed by atoms with Crippen molar-refractivity contribution in [1.29, 1.82) is 0 Å². The maximum Gasteiger partial charge on any atom is 0.240 e. The molecule has 1 N–H and O–H groups in total. The van der Waals surface area contributed by atoms with Gasteiger partial charge in [-0.3, -0.25) is 9.10 Å². The van der Waals surface area contributed by atoms with Crippen LogP contribution >= 0.6 is 0 Å². The molecule has 0 saturated heterocycles. The number of anilines is 1. The molecule has 0 aliphatic rings. The highest BCUT2D eigenvalue weighted by Crippen LogP contribution is 2.21. The van der Waals surface area contributed by atoms with Gasteiger partial charge in [0.1, 0.15) is 18.1 Å². The first-order chi connectivity index (χ1) is 13.7. The Morgan fingerprint density at radius 3 is 2.55 bits per heavy atom. The van der Waals surface area contributed by atoms with E-state index in [0.717, 1.165) is 34.4 Å². The van der Waals surface area contributed by atoms with Crippen molar-refractivity contribution in [3.05, 3.63) is 59.9 Å². The van der Waals surface area contributed by atoms with Crippen molar-refractivity contribution in [2.24, 2.45) is 0 Å². The van der Waals surface area contributed by atoms with Crippen LogP contribution in [0, 0.1) is 5.82 Å². The number of carbonyl (C=O) groups is 1. The van der Waals surface area contributed by atoms with Gasteiger partial charge in [-0.1, -0.05) is 24.3 Å². The molecule has 1 amide bonds. The summed E-state index contributed by atoms with van der Waals surface area (Å²) < 4.78 is 44.4. The number of halogens is 1. The lowest BCUT2D eigenvalue weighted by atomic mass is 10.1. The van der Waals surface area contributed by atoms with Gasteiger partial charge in [0, 0.05) is 6.54 Å². The number of nitrogens with one attached hydrogen (secondary N) is 1. The highest BCUT2D eigenvalue weighted by atomic mass is 32.2. The molecule has 6 nitrogen and oxygen atoms in total. The zero-order valence-electron chi connectivity index (χ0n) is 16.9. The monoisotopic (exact) mass is 422 g/mol. The van der Waals surface area contributed by atoms with Crippen LogP contribution in [-0.2, 0) is 21.2 Å². The molecule has 2 aromatic carbocycles. The van der Waals surface area contributed by atoms with E-state index in [1.165, 1.54) is 18.2 Å². The summed E-state index contributed by atoms with van der Waals surface area (Å²) in [6, 6.07) is 13.2. The molecule has 2 aromatic rings. The third-order valence-corrected chi connectivity index (χ3v) is 5.17. The largest absolute Gasteiger partial charge is 0.491 e. The molecule has 0 spiro atoms. The van der Waals surface area contributed by atoms with E-state index >= 15 is 0 Å². The highest BCUT2D eigenvalue weighted by Gasteiger charge is 2.23. The SMILES string of the molecule is CC(C)Oc1cccc(CCCNC(=O)CN(c2ccccc2F)S(C)(=O)=O)c1. The number of hydrogen-bond acceptors (Lipinski definition) is 4. The number of para-hydroxylation sites is 1. The molecule has 8 heteroatoms. The average molecular weight is 423 g/mol. The summed E-state index contributed by atoms with van der Waals surface area (Å²) in [6.45, 7) is 3.83. The second-order valence-corrected chi connectivity index (χ2v) is 8.90. The fraction of sp³-hybridized carbons (Fsp3) is 0.381. The van der Waals surface area contributed by atoms with Gasteiger partial charge in [-0.2, -0.15) is 0 Å². The van der Waals surface area contributed by atoms with Crippen molar-refractivity contribution in [3.63, 3.8) is 0 Å². The zero-order chi connectivity index (χ0) is 21.4. The smallest absolute Gasteiger partial charge is 0.240 e. The molecule has 0 atom stereocenters. The van der Waals surface area contributed by atoms with E-state index in [9.17, 15) is 17.6 Å². The Labute approximate surface area is 171 Å². The Kier molecular flexibility index (Phi) is 8.01. The Morgan fingerprint density at radius 1 is 1.17 bits per heavy atom. The van der Waals surface area contributed by atoms with Crippen LogP contribution in [0.25, 0.3) is 0 Å². The van der Waals surface area contributed by atoms with E-state index in [-0.39, 0.29) is 11.8 Å². The standard InChI is InChI=1S/C21H27FN2O4S/c1-16(2)28-18-10-6-8-17(14-18)9-7-13-23-21(25)15-24(29(3,26)27)20-12-5-4-11-19(20)22/h4-6,8,10-12,14,16H,7,9,13,15H2,1-3H3,(H,23,25). The third-order valence-electron chi connectivity index (χ3n) is 4.04. The van der Waals surface area contributed by atoms with Crippen molar-refractivity contribution < 1.29 is 22.3 Å². The number of aryl methyl sites for hydroxylation is 1. The summed E-state index contributed by atoms with van der Waals surface area (Å²) in [4.78, 5) is 12.2. The van der Waals surface area contributed by atoms with Gasteiger partial charge < -0.3 is 10.1 Å². The Bertz CT molecular complexity index is 932. The summed E-state index contributed by atoms with van der Waals surface area (Å²) in [5, 5.41) is 2.69. The van der Waals surface area contributed by atoms with Gasteiger partial charge in [-0.05, 0) is 56.5 Å². The molecule has 0 bridgehead atoms. The van der Waals surface area contributed by atoms with E-state index in [1.807, 2.05) is 38.1 Å². The normalized spacial score (nSPS) is 11.3. The van der Waals surface area contributed by atoms with E-state index in [0.29, 0.717) is 13.0 Å². The Hall–Kier alpha value is -2.61. The first-order valence-electron chi connectivity index (χ1n) is 9.41. The molecule has 0 heterocycles. The van der Waals surface area contributed by atoms with E-state index in [2.05, 4.69) is 5.32 Å². The molecule has 0 aliphatic heterocycles. The van der Waals surface area contributed by atoms with Gasteiger partial charge in [-0.25, -0.2) is 12.8 Å². The number of nitrogens with zero attached hydrogens (tertiary/aromatic N) is 1. The summed E-state index contributed by atoms with van der Waals surface area (Å²) >= 11 is 0. The fourth-order valence-corrected chi connectivity index (χ4v) is 3.65. The summed E-state index contributed by atoms with van der Waals surface area (Å²) in [6.07, 6.45) is 2.45. The van der Waals surface area contributed by atoms with Crippen LogP contribution in [0.2, 0.25) is 0 Å². The Morgan fingerprint density at radius 2 is 1.90 bits per heavy atom. The van der Waals surface area contributed by atoms with Gasteiger partial charge >= 0.3 is 0 Å². The van der Waals surface area contributed by atoms with Crippen molar-refractivity contribution in [2.75, 3.05) is 23.7 Å².